The van der Waals surface area contributed by atoms with Crippen LogP contribution in [0.5, 0.6) is 0 Å². The van der Waals surface area contributed by atoms with Crippen LogP contribution in [-0.2, 0) is 13.1 Å². The molecule has 3 aromatic heterocycles. The fourth-order valence-corrected chi connectivity index (χ4v) is 3.87. The molecule has 4 heterocycles. The smallest absolute Gasteiger partial charge is 0.328 e. The summed E-state index contributed by atoms with van der Waals surface area (Å²) in [7, 11) is 1.47. The molecule has 0 spiro atoms. The minimum Gasteiger partial charge on any atom is -0.365 e. The largest absolute Gasteiger partial charge is 0.365 e. The molecule has 10 nitrogen and oxygen atoms in total. The molecule has 1 aliphatic heterocycles. The van der Waals surface area contributed by atoms with Gasteiger partial charge in [0.2, 0.25) is 5.95 Å². The van der Waals surface area contributed by atoms with Crippen LogP contribution in [0.3, 0.4) is 0 Å². The second-order valence-corrected chi connectivity index (χ2v) is 7.57. The molecule has 1 fully saturated rings. The van der Waals surface area contributed by atoms with E-state index >= 15 is 0 Å². The van der Waals surface area contributed by atoms with Gasteiger partial charge in [0, 0.05) is 52.5 Å². The van der Waals surface area contributed by atoms with Gasteiger partial charge in [-0.1, -0.05) is 0 Å². The Morgan fingerprint density at radius 1 is 1.22 bits per heavy atom. The van der Waals surface area contributed by atoms with Crippen LogP contribution >= 0.6 is 0 Å². The number of anilines is 1. The number of halogens is 1. The van der Waals surface area contributed by atoms with E-state index in [9.17, 15) is 18.8 Å². The van der Waals surface area contributed by atoms with Crippen molar-refractivity contribution in [2.24, 2.45) is 0 Å². The van der Waals surface area contributed by atoms with Crippen molar-refractivity contribution in [3.05, 3.63) is 62.4 Å². The van der Waals surface area contributed by atoms with Gasteiger partial charge in [-0.15, -0.1) is 0 Å². The Morgan fingerprint density at radius 2 is 1.97 bits per heavy atom. The van der Waals surface area contributed by atoms with Crippen LogP contribution in [0.1, 0.15) is 23.0 Å². The first-order chi connectivity index (χ1) is 15.4. The van der Waals surface area contributed by atoms with Crippen molar-refractivity contribution in [3.63, 3.8) is 0 Å². The first-order valence-electron chi connectivity index (χ1n) is 10.4. The molecule has 168 valence electrons. The second-order valence-electron chi connectivity index (χ2n) is 7.57. The summed E-state index contributed by atoms with van der Waals surface area (Å²) in [5.41, 5.74) is 1.10. The van der Waals surface area contributed by atoms with Gasteiger partial charge in [0.25, 0.3) is 11.5 Å². The normalized spacial score (nSPS) is 14.7. The molecule has 0 saturated carbocycles. The summed E-state index contributed by atoms with van der Waals surface area (Å²) in [4.78, 5) is 50.9. The average Bonchev–Trinajstić information content (AvgIpc) is 2.79. The predicted molar refractivity (Wildman–Crippen MR) is 117 cm³/mol. The number of piperazine rings is 1. The highest BCUT2D eigenvalue weighted by molar-refractivity contribution is 5.92. The van der Waals surface area contributed by atoms with Crippen LogP contribution in [0.25, 0.3) is 11.0 Å². The Morgan fingerprint density at radius 3 is 2.62 bits per heavy atom. The van der Waals surface area contributed by atoms with Gasteiger partial charge in [-0.25, -0.2) is 14.8 Å². The number of aromatic nitrogens is 4. The maximum Gasteiger partial charge on any atom is 0.328 e. The van der Waals surface area contributed by atoms with Crippen molar-refractivity contribution in [2.45, 2.75) is 20.0 Å². The molecule has 2 N–H and O–H groups in total. The monoisotopic (exact) mass is 441 g/mol. The highest BCUT2D eigenvalue weighted by Crippen LogP contribution is 2.21. The topological polar surface area (TPSA) is 116 Å². The average molecular weight is 441 g/mol. The molecule has 1 saturated heterocycles. The van der Waals surface area contributed by atoms with E-state index in [0.29, 0.717) is 43.9 Å². The zero-order valence-corrected chi connectivity index (χ0v) is 17.9. The van der Waals surface area contributed by atoms with Crippen LogP contribution in [0, 0.1) is 5.95 Å². The lowest BCUT2D eigenvalue weighted by Crippen LogP contribution is -2.46. The third kappa shape index (κ3) is 4.11. The van der Waals surface area contributed by atoms with Gasteiger partial charge in [-0.2, -0.15) is 4.39 Å². The van der Waals surface area contributed by atoms with E-state index in [2.05, 4.69) is 25.2 Å². The van der Waals surface area contributed by atoms with Gasteiger partial charge in [0.15, 0.2) is 5.52 Å². The van der Waals surface area contributed by atoms with Crippen molar-refractivity contribution < 1.29 is 9.18 Å². The zero-order valence-electron chi connectivity index (χ0n) is 17.9. The standard InChI is InChI=1S/C21H24FN7O3/c1-3-29-20(31)17-15(26-21(29)32)10-13(11-24-17)12-27-6-8-28(9-7-27)16-5-4-14(19(30)23-2)25-18(16)22/h4-5,10-11H,3,6-9,12H2,1-2H3,(H,23,30)(H,26,32). The fourth-order valence-electron chi connectivity index (χ4n) is 3.87. The summed E-state index contributed by atoms with van der Waals surface area (Å²) in [6, 6.07) is 4.87. The number of amides is 1. The molecular formula is C21H24FN7O3. The van der Waals surface area contributed by atoms with E-state index < -0.39 is 23.1 Å². The third-order valence-corrected chi connectivity index (χ3v) is 5.60. The summed E-state index contributed by atoms with van der Waals surface area (Å²) in [6.45, 7) is 5.16. The van der Waals surface area contributed by atoms with Crippen molar-refractivity contribution in [1.29, 1.82) is 0 Å². The maximum atomic E-state index is 14.4. The number of hydrogen-bond acceptors (Lipinski definition) is 7. The van der Waals surface area contributed by atoms with Crippen molar-refractivity contribution >= 4 is 22.6 Å². The first-order valence-corrected chi connectivity index (χ1v) is 10.4. The first kappa shape index (κ1) is 21.6. The molecule has 0 aromatic carbocycles. The second kappa shape index (κ2) is 8.87. The summed E-state index contributed by atoms with van der Waals surface area (Å²) in [6.07, 6.45) is 1.65. The number of fused-ring (bicyclic) bond motifs is 1. The van der Waals surface area contributed by atoms with E-state index in [0.717, 1.165) is 10.1 Å². The van der Waals surface area contributed by atoms with E-state index in [1.807, 2.05) is 4.90 Å². The van der Waals surface area contributed by atoms with E-state index in [-0.39, 0.29) is 17.8 Å². The van der Waals surface area contributed by atoms with Crippen LogP contribution in [0.2, 0.25) is 0 Å². The molecule has 1 amide bonds. The van der Waals surface area contributed by atoms with E-state index in [4.69, 9.17) is 0 Å². The fraction of sp³-hybridized carbons (Fsp3) is 0.381. The highest BCUT2D eigenvalue weighted by atomic mass is 19.1. The third-order valence-electron chi connectivity index (χ3n) is 5.60. The van der Waals surface area contributed by atoms with E-state index in [1.54, 1.807) is 25.3 Å². The number of aromatic amines is 1. The molecular weight excluding hydrogens is 417 g/mol. The SMILES string of the molecule is CCn1c(=O)[nH]c2cc(CN3CCN(c4ccc(C(=O)NC)nc4F)CC3)cnc2c1=O. The lowest BCUT2D eigenvalue weighted by molar-refractivity contribution is 0.0957. The van der Waals surface area contributed by atoms with E-state index in [1.165, 1.54) is 13.1 Å². The summed E-state index contributed by atoms with van der Waals surface area (Å²) in [5.74, 6) is -1.10. The zero-order chi connectivity index (χ0) is 22.8. The molecule has 11 heteroatoms. The molecule has 3 aromatic rings. The summed E-state index contributed by atoms with van der Waals surface area (Å²) < 4.78 is 15.5. The maximum absolute atomic E-state index is 14.4. The molecule has 0 atom stereocenters. The Kier molecular flexibility index (Phi) is 5.99. The van der Waals surface area contributed by atoms with Crippen molar-refractivity contribution in [3.8, 4) is 0 Å². The predicted octanol–water partition coefficient (Wildman–Crippen LogP) is 0.321. The molecule has 1 aliphatic rings. The molecule has 0 radical (unpaired) electrons. The molecule has 0 bridgehead atoms. The van der Waals surface area contributed by atoms with Gasteiger partial charge in [-0.05, 0) is 30.7 Å². The summed E-state index contributed by atoms with van der Waals surface area (Å²) >= 11 is 0. The minimum atomic E-state index is -0.667. The lowest BCUT2D eigenvalue weighted by Gasteiger charge is -2.36. The van der Waals surface area contributed by atoms with Crippen LogP contribution in [0.15, 0.2) is 34.0 Å². The van der Waals surface area contributed by atoms with Gasteiger partial charge < -0.3 is 15.2 Å². The van der Waals surface area contributed by atoms with Crippen LogP contribution in [0.4, 0.5) is 10.1 Å². The Labute approximate surface area is 182 Å². The number of nitrogens with one attached hydrogen (secondary N) is 2. The van der Waals surface area contributed by atoms with Gasteiger partial charge >= 0.3 is 5.69 Å². The minimum absolute atomic E-state index is 0.0416. The van der Waals surface area contributed by atoms with Crippen molar-refractivity contribution in [2.75, 3.05) is 38.1 Å². The number of pyridine rings is 2. The number of H-pyrrole nitrogens is 1. The van der Waals surface area contributed by atoms with Crippen molar-refractivity contribution in [1.82, 2.24) is 29.7 Å². The Hall–Kier alpha value is -3.60. The van der Waals surface area contributed by atoms with Gasteiger partial charge in [0.1, 0.15) is 5.69 Å². The Bertz CT molecular complexity index is 1280. The lowest BCUT2D eigenvalue weighted by atomic mass is 10.2. The number of carbonyl (C=O) groups excluding carboxylic acids is 1. The molecule has 0 unspecified atom stereocenters. The van der Waals surface area contributed by atoms with Crippen LogP contribution in [-0.4, -0.2) is 63.6 Å². The highest BCUT2D eigenvalue weighted by Gasteiger charge is 2.21. The van der Waals surface area contributed by atoms with Gasteiger partial charge in [0.05, 0.1) is 11.2 Å². The number of hydrogen-bond donors (Lipinski definition) is 2. The molecule has 0 aliphatic carbocycles. The number of nitrogens with zero attached hydrogens (tertiary/aromatic N) is 5. The molecule has 32 heavy (non-hydrogen) atoms. The van der Waals surface area contributed by atoms with Gasteiger partial charge in [-0.3, -0.25) is 19.1 Å². The number of carbonyl (C=O) groups is 1. The molecule has 4 rings (SSSR count). The quantitative estimate of drug-likeness (QED) is 0.548. The summed E-state index contributed by atoms with van der Waals surface area (Å²) in [5, 5.41) is 2.43. The van der Waals surface area contributed by atoms with Crippen LogP contribution < -0.4 is 21.5 Å². The Balaban J connectivity index is 1.44. The number of rotatable bonds is 5.